The number of nitrogens with zero attached hydrogens (tertiary/aromatic N) is 3. The van der Waals surface area contributed by atoms with E-state index in [2.05, 4.69) is 16.0 Å². The van der Waals surface area contributed by atoms with E-state index in [-0.39, 0.29) is 11.7 Å². The molecular formula is C23H22F7N3O5. The molecule has 1 amide bonds. The first-order chi connectivity index (χ1) is 17.6. The third kappa shape index (κ3) is 9.28. The summed E-state index contributed by atoms with van der Waals surface area (Å²) in [5, 5.41) is 14.2. The van der Waals surface area contributed by atoms with Crippen molar-refractivity contribution in [1.82, 2.24) is 14.8 Å². The number of carbonyl (C=O) groups excluding carboxylic acids is 1. The molecule has 0 radical (unpaired) electrons. The van der Waals surface area contributed by atoms with Gasteiger partial charge in [-0.25, -0.2) is 14.0 Å². The first kappa shape index (κ1) is 30.5. The third-order valence-electron chi connectivity index (χ3n) is 5.53. The fraction of sp³-hybridized carbons (Fsp3) is 0.391. The summed E-state index contributed by atoms with van der Waals surface area (Å²) in [6, 6.07) is 10.0. The van der Waals surface area contributed by atoms with E-state index in [1.54, 1.807) is 18.3 Å². The van der Waals surface area contributed by atoms with Gasteiger partial charge in [-0.1, -0.05) is 12.1 Å². The summed E-state index contributed by atoms with van der Waals surface area (Å²) >= 11 is 0. The van der Waals surface area contributed by atoms with E-state index in [9.17, 15) is 35.5 Å². The number of benzene rings is 1. The van der Waals surface area contributed by atoms with Gasteiger partial charge in [-0.05, 0) is 41.7 Å². The second kappa shape index (κ2) is 12.7. The van der Waals surface area contributed by atoms with Gasteiger partial charge in [-0.2, -0.15) is 26.3 Å². The predicted octanol–water partition coefficient (Wildman–Crippen LogP) is 3.69. The third-order valence-corrected chi connectivity index (χ3v) is 5.53. The number of likely N-dealkylation sites (tertiary alicyclic amines) is 2. The van der Waals surface area contributed by atoms with Crippen LogP contribution in [0, 0.1) is 17.7 Å². The molecular weight excluding hydrogens is 531 g/mol. The highest BCUT2D eigenvalue weighted by atomic mass is 19.4. The molecule has 15 heteroatoms. The van der Waals surface area contributed by atoms with Crippen molar-refractivity contribution in [3.8, 4) is 0 Å². The number of amides is 1. The van der Waals surface area contributed by atoms with E-state index in [4.69, 9.17) is 19.8 Å². The molecule has 0 aliphatic carbocycles. The molecule has 8 nitrogen and oxygen atoms in total. The number of aliphatic carboxylic acids is 2. The minimum atomic E-state index is -5.08. The van der Waals surface area contributed by atoms with Crippen LogP contribution >= 0.6 is 0 Å². The molecule has 4 rings (SSSR count). The molecule has 0 saturated carbocycles. The van der Waals surface area contributed by atoms with Gasteiger partial charge in [0, 0.05) is 50.7 Å². The van der Waals surface area contributed by atoms with Gasteiger partial charge < -0.3 is 15.1 Å². The monoisotopic (exact) mass is 553 g/mol. The maximum absolute atomic E-state index is 13.3. The Kier molecular flexibility index (Phi) is 10.2. The lowest BCUT2D eigenvalue weighted by Gasteiger charge is -2.21. The van der Waals surface area contributed by atoms with Crippen LogP contribution in [-0.2, 0) is 16.1 Å². The van der Waals surface area contributed by atoms with Crippen molar-refractivity contribution >= 4 is 17.8 Å². The quantitative estimate of drug-likeness (QED) is 0.558. The number of pyridine rings is 1. The number of hydrogen-bond donors (Lipinski definition) is 2. The summed E-state index contributed by atoms with van der Waals surface area (Å²) in [5.41, 5.74) is 1.67. The zero-order chi connectivity index (χ0) is 28.7. The smallest absolute Gasteiger partial charge is 0.475 e. The Labute approximate surface area is 211 Å². The summed E-state index contributed by atoms with van der Waals surface area (Å²) in [6.07, 6.45) is -6.47. The zero-order valence-corrected chi connectivity index (χ0v) is 19.4. The Morgan fingerprint density at radius 2 is 1.39 bits per heavy atom. The summed E-state index contributed by atoms with van der Waals surface area (Å²) in [5.74, 6) is -4.90. The van der Waals surface area contributed by atoms with E-state index in [0.717, 1.165) is 32.7 Å². The molecule has 1 aromatic carbocycles. The van der Waals surface area contributed by atoms with Crippen molar-refractivity contribution in [2.75, 3.05) is 26.2 Å². The molecule has 38 heavy (non-hydrogen) atoms. The summed E-state index contributed by atoms with van der Waals surface area (Å²) in [6.45, 7) is 4.46. The van der Waals surface area contributed by atoms with Crippen molar-refractivity contribution in [1.29, 1.82) is 0 Å². The molecule has 0 spiro atoms. The van der Waals surface area contributed by atoms with E-state index in [0.29, 0.717) is 17.4 Å². The molecule has 0 bridgehead atoms. The first-order valence-corrected chi connectivity index (χ1v) is 10.8. The van der Waals surface area contributed by atoms with Crippen LogP contribution in [-0.4, -0.2) is 81.4 Å². The van der Waals surface area contributed by atoms with Crippen molar-refractivity contribution in [2.24, 2.45) is 11.8 Å². The molecule has 208 valence electrons. The molecule has 2 aromatic rings. The maximum atomic E-state index is 13.3. The molecule has 1 aromatic heterocycles. The van der Waals surface area contributed by atoms with Gasteiger partial charge in [-0.3, -0.25) is 14.7 Å². The molecule has 2 aliphatic rings. The fourth-order valence-electron chi connectivity index (χ4n) is 3.94. The molecule has 3 heterocycles. The summed E-state index contributed by atoms with van der Waals surface area (Å²) < 4.78 is 76.8. The second-order valence-electron chi connectivity index (χ2n) is 8.40. The van der Waals surface area contributed by atoms with Crippen LogP contribution < -0.4 is 0 Å². The van der Waals surface area contributed by atoms with Crippen molar-refractivity contribution in [3.05, 3.63) is 65.7 Å². The van der Waals surface area contributed by atoms with Crippen molar-refractivity contribution < 1.29 is 55.3 Å². The summed E-state index contributed by atoms with van der Waals surface area (Å²) in [4.78, 5) is 38.8. The molecule has 2 fully saturated rings. The second-order valence-corrected chi connectivity index (χ2v) is 8.40. The maximum Gasteiger partial charge on any atom is 0.490 e. The summed E-state index contributed by atoms with van der Waals surface area (Å²) in [7, 11) is 0. The Bertz CT molecular complexity index is 1070. The van der Waals surface area contributed by atoms with E-state index in [1.807, 2.05) is 17.2 Å². The van der Waals surface area contributed by atoms with Gasteiger partial charge in [0.2, 0.25) is 0 Å². The Morgan fingerprint density at radius 3 is 1.82 bits per heavy atom. The number of carboxylic acids is 2. The number of rotatable bonds is 3. The van der Waals surface area contributed by atoms with Crippen molar-refractivity contribution in [2.45, 2.75) is 18.9 Å². The average molecular weight is 553 g/mol. The highest BCUT2D eigenvalue weighted by Crippen LogP contribution is 2.32. The van der Waals surface area contributed by atoms with Crippen LogP contribution in [0.2, 0.25) is 0 Å². The van der Waals surface area contributed by atoms with Crippen LogP contribution in [0.25, 0.3) is 0 Å². The van der Waals surface area contributed by atoms with Gasteiger partial charge in [-0.15, -0.1) is 0 Å². The van der Waals surface area contributed by atoms with Crippen LogP contribution in [0.1, 0.15) is 15.9 Å². The minimum absolute atomic E-state index is 0.0530. The lowest BCUT2D eigenvalue weighted by atomic mass is 10.0. The van der Waals surface area contributed by atoms with Gasteiger partial charge in [0.05, 0.1) is 0 Å². The van der Waals surface area contributed by atoms with Crippen LogP contribution in [0.5, 0.6) is 0 Å². The lowest BCUT2D eigenvalue weighted by molar-refractivity contribution is -0.193. The van der Waals surface area contributed by atoms with Gasteiger partial charge >= 0.3 is 24.3 Å². The van der Waals surface area contributed by atoms with Gasteiger partial charge in [0.25, 0.3) is 5.91 Å². The van der Waals surface area contributed by atoms with Crippen LogP contribution in [0.4, 0.5) is 30.7 Å². The van der Waals surface area contributed by atoms with Gasteiger partial charge in [0.1, 0.15) is 5.82 Å². The molecule has 2 aliphatic heterocycles. The standard InChI is InChI=1S/C19H20FN3O.2C2HF3O2/c20-18-5-1-4-15(7-18)19(24)23-12-16-10-22(11-17(16)13-23)9-14-3-2-6-21-8-14;2*3-2(4,5)1(6)7/h1-8,16-17H,9-13H2;2*(H,6,7)/t16-,17+;;. The van der Waals surface area contributed by atoms with Gasteiger partial charge in [0.15, 0.2) is 0 Å². The molecule has 0 unspecified atom stereocenters. The van der Waals surface area contributed by atoms with Crippen LogP contribution in [0.3, 0.4) is 0 Å². The Morgan fingerprint density at radius 1 is 0.868 bits per heavy atom. The number of halogens is 7. The number of aromatic nitrogens is 1. The molecule has 2 atom stereocenters. The van der Waals surface area contributed by atoms with E-state index in [1.165, 1.54) is 17.7 Å². The van der Waals surface area contributed by atoms with E-state index >= 15 is 0 Å². The van der Waals surface area contributed by atoms with Crippen LogP contribution in [0.15, 0.2) is 48.8 Å². The minimum Gasteiger partial charge on any atom is -0.475 e. The first-order valence-electron chi connectivity index (χ1n) is 10.8. The highest BCUT2D eigenvalue weighted by Gasteiger charge is 2.42. The SMILES string of the molecule is O=C(O)C(F)(F)F.O=C(O)C(F)(F)F.O=C(c1cccc(F)c1)N1C[C@H]2CN(Cc3cccnc3)C[C@H]2C1. The number of fused-ring (bicyclic) bond motifs is 1. The average Bonchev–Trinajstić information content (AvgIpc) is 3.37. The molecule has 2 saturated heterocycles. The highest BCUT2D eigenvalue weighted by molar-refractivity contribution is 5.94. The predicted molar refractivity (Wildman–Crippen MR) is 116 cm³/mol. The lowest BCUT2D eigenvalue weighted by Crippen LogP contribution is -2.33. The number of alkyl halides is 6. The number of carbonyl (C=O) groups is 3. The molecule has 2 N–H and O–H groups in total. The number of carboxylic acid groups (broad SMARTS) is 2. The zero-order valence-electron chi connectivity index (χ0n) is 19.4. The van der Waals surface area contributed by atoms with Crippen molar-refractivity contribution in [3.63, 3.8) is 0 Å². The Hall–Kier alpha value is -3.75. The topological polar surface area (TPSA) is 111 Å². The normalized spacial score (nSPS) is 19.0. The Balaban J connectivity index is 0.000000301. The fourth-order valence-corrected chi connectivity index (χ4v) is 3.94. The largest absolute Gasteiger partial charge is 0.490 e. The number of hydrogen-bond acceptors (Lipinski definition) is 5. The van der Waals surface area contributed by atoms with E-state index < -0.39 is 24.3 Å².